The van der Waals surface area contributed by atoms with Crippen molar-refractivity contribution in [1.29, 1.82) is 0 Å². The van der Waals surface area contributed by atoms with Crippen LogP contribution in [0.2, 0.25) is 0 Å². The quantitative estimate of drug-likeness (QED) is 0.0542. The molecule has 0 saturated heterocycles. The summed E-state index contributed by atoms with van der Waals surface area (Å²) in [6.45, 7) is 41.2. The van der Waals surface area contributed by atoms with E-state index in [1.807, 2.05) is 61.5 Å². The number of carboxylic acid groups (broad SMARTS) is 2. The molecule has 5 aliphatic rings. The van der Waals surface area contributed by atoms with E-state index in [1.54, 1.807) is 6.08 Å². The van der Waals surface area contributed by atoms with Crippen LogP contribution in [-0.2, 0) is 43.0 Å². The number of unbranched alkanes of at least 4 members (excludes halogenated alkanes) is 1. The summed E-state index contributed by atoms with van der Waals surface area (Å²) in [7, 11) is 4.23. The molecule has 10 unspecified atom stereocenters. The number of aldehydes is 1. The minimum absolute atomic E-state index is 0. The summed E-state index contributed by atoms with van der Waals surface area (Å²) < 4.78 is 14.0. The van der Waals surface area contributed by atoms with Crippen molar-refractivity contribution in [2.24, 2.45) is 86.3 Å². The van der Waals surface area contributed by atoms with E-state index in [0.29, 0.717) is 11.8 Å². The molecule has 11 nitrogen and oxygen atoms in total. The summed E-state index contributed by atoms with van der Waals surface area (Å²) in [5.41, 5.74) is 2.34. The number of carbonyl (C=O) groups is 6. The average Bonchev–Trinajstić information content (AvgIpc) is 4.13. The fourth-order valence-electron chi connectivity index (χ4n) is 8.54. The number of aliphatic carboxylic acids is 2. The van der Waals surface area contributed by atoms with Gasteiger partial charge in [-0.25, -0.2) is 0 Å². The van der Waals surface area contributed by atoms with Gasteiger partial charge in [0.1, 0.15) is 6.29 Å². The van der Waals surface area contributed by atoms with E-state index in [0.717, 1.165) is 12.7 Å². The van der Waals surface area contributed by atoms with E-state index in [2.05, 4.69) is 90.2 Å². The number of ether oxygens (including phenoxy) is 3. The Hall–Kier alpha value is -3.42. The van der Waals surface area contributed by atoms with Gasteiger partial charge < -0.3 is 36.1 Å². The fraction of sp³-hybridized carbons (Fsp3) is 0.700. The predicted molar refractivity (Wildman–Crippen MR) is 241 cm³/mol. The molecule has 0 aliphatic heterocycles. The number of methoxy groups -OCH3 is 3. The molecule has 348 valence electrons. The molecule has 2 N–H and O–H groups in total. The molecular formula is C50H81LiO11. The standard InChI is InChI=1S/C11H18O2.C10H16O2.C9H14O2.C8H12O3.C8H12O2.C4H9.Li/c1-7(2)6-8-9(10(12)13-5)11(8,3)4;1-6(2)5-7-8(9(11)12)10(7,3)4;1-5-6-7(8(10)11-4)9(6,2)3;1-8(2)5(4-9)6(8)7(10)11-3;1-4-5-6(7(9)10)8(5,2)3;1-3-4-2;/h6,8-9H,1-5H3;5,7-8H,1-4H3,(H,11,12);5-7H,1H2,2-4H3;4-6H,1-3H3;4-6H,1H2,2-3H3,(H,9,10);1,3-4H2,2H3;/q;;;;;-1;+1. The first-order chi connectivity index (χ1) is 27.8. The van der Waals surface area contributed by atoms with Crippen LogP contribution in [0.1, 0.15) is 117 Å². The van der Waals surface area contributed by atoms with Crippen LogP contribution >= 0.6 is 0 Å². The third-order valence-corrected chi connectivity index (χ3v) is 13.5. The molecule has 0 heterocycles. The smallest absolute Gasteiger partial charge is 0.481 e. The number of carbonyl (C=O) groups excluding carboxylic acids is 4. The van der Waals surface area contributed by atoms with Crippen molar-refractivity contribution in [2.75, 3.05) is 21.3 Å². The maximum atomic E-state index is 11.3. The van der Waals surface area contributed by atoms with Crippen LogP contribution in [0.5, 0.6) is 0 Å². The Bertz CT molecular complexity index is 1590. The minimum atomic E-state index is -0.699. The number of carboxylic acids is 2. The van der Waals surface area contributed by atoms with E-state index in [9.17, 15) is 28.8 Å². The Morgan fingerprint density at radius 3 is 0.952 bits per heavy atom. The van der Waals surface area contributed by atoms with Crippen molar-refractivity contribution in [1.82, 2.24) is 0 Å². The van der Waals surface area contributed by atoms with Crippen LogP contribution in [0.25, 0.3) is 0 Å². The first kappa shape index (κ1) is 60.7. The Morgan fingerprint density at radius 1 is 0.532 bits per heavy atom. The molecule has 62 heavy (non-hydrogen) atoms. The van der Waals surface area contributed by atoms with Crippen molar-refractivity contribution in [3.8, 4) is 0 Å². The second-order valence-corrected chi connectivity index (χ2v) is 20.3. The van der Waals surface area contributed by atoms with E-state index in [4.69, 9.17) is 14.9 Å². The Labute approximate surface area is 386 Å². The molecule has 10 atom stereocenters. The maximum absolute atomic E-state index is 11.3. The van der Waals surface area contributed by atoms with Crippen LogP contribution in [0.15, 0.2) is 48.6 Å². The molecule has 0 aromatic heterocycles. The molecule has 0 aromatic rings. The topological polar surface area (TPSA) is 171 Å². The Balaban J connectivity index is 0. The molecular weight excluding hydrogens is 783 g/mol. The first-order valence-corrected chi connectivity index (χ1v) is 21.3. The zero-order chi connectivity index (χ0) is 48.4. The summed E-state index contributed by atoms with van der Waals surface area (Å²) in [6, 6.07) is 0. The van der Waals surface area contributed by atoms with Gasteiger partial charge in [0.25, 0.3) is 0 Å². The van der Waals surface area contributed by atoms with Gasteiger partial charge in [-0.1, -0.05) is 118 Å². The number of rotatable bonds is 11. The van der Waals surface area contributed by atoms with Crippen LogP contribution in [0.3, 0.4) is 0 Å². The van der Waals surface area contributed by atoms with Gasteiger partial charge in [0, 0.05) is 5.92 Å². The van der Waals surface area contributed by atoms with Crippen LogP contribution in [0, 0.1) is 93.2 Å². The Kier molecular flexibility index (Phi) is 23.5. The normalized spacial score (nSPS) is 29.9. The summed E-state index contributed by atoms with van der Waals surface area (Å²) in [5.74, 6) is -1.39. The summed E-state index contributed by atoms with van der Waals surface area (Å²) in [6.07, 6.45) is 10.9. The summed E-state index contributed by atoms with van der Waals surface area (Å²) in [4.78, 5) is 65.0. The van der Waals surface area contributed by atoms with E-state index in [-0.39, 0.29) is 111 Å². The van der Waals surface area contributed by atoms with Gasteiger partial charge in [0.05, 0.1) is 50.9 Å². The zero-order valence-corrected chi connectivity index (χ0v) is 41.8. The molecule has 0 spiro atoms. The molecule has 5 rings (SSSR count). The summed E-state index contributed by atoms with van der Waals surface area (Å²) >= 11 is 0. The second-order valence-electron chi connectivity index (χ2n) is 20.3. The third-order valence-electron chi connectivity index (χ3n) is 13.5. The van der Waals surface area contributed by atoms with Crippen molar-refractivity contribution < 1.29 is 72.1 Å². The van der Waals surface area contributed by atoms with Gasteiger partial charge in [0.15, 0.2) is 0 Å². The Morgan fingerprint density at radius 2 is 0.758 bits per heavy atom. The van der Waals surface area contributed by atoms with Gasteiger partial charge in [-0.05, 0) is 78.4 Å². The van der Waals surface area contributed by atoms with Crippen LogP contribution in [0.4, 0.5) is 0 Å². The molecule has 0 aromatic carbocycles. The van der Waals surface area contributed by atoms with Gasteiger partial charge >= 0.3 is 48.7 Å². The SMILES string of the molecule is C=CC1C(C(=O)O)C1(C)C.C=CC1C(C(=O)OC)C1(C)C.CC(C)=CC1C(C(=O)O)C1(C)C.COC(=O)C1C(C=C(C)C)C1(C)C.COC(=O)C1C(C=O)C1(C)C.[CH2-]CCC.[Li+]. The van der Waals surface area contributed by atoms with Gasteiger partial charge in [-0.15, -0.1) is 13.2 Å². The number of allylic oxidation sites excluding steroid dienone is 6. The maximum Gasteiger partial charge on any atom is 1.00 e. The zero-order valence-electron chi connectivity index (χ0n) is 41.8. The van der Waals surface area contributed by atoms with Crippen molar-refractivity contribution >= 4 is 36.1 Å². The monoisotopic (exact) mass is 865 g/mol. The van der Waals surface area contributed by atoms with Crippen LogP contribution < -0.4 is 18.9 Å². The molecule has 0 amide bonds. The van der Waals surface area contributed by atoms with Crippen LogP contribution in [-0.4, -0.2) is 67.7 Å². The number of hydrogen-bond acceptors (Lipinski definition) is 9. The number of hydrogen-bond donors (Lipinski definition) is 2. The van der Waals surface area contributed by atoms with Crippen molar-refractivity contribution in [3.05, 3.63) is 55.5 Å². The predicted octanol–water partition coefficient (Wildman–Crippen LogP) is 7.11. The summed E-state index contributed by atoms with van der Waals surface area (Å²) in [5, 5.41) is 17.5. The molecule has 5 saturated carbocycles. The average molecular weight is 865 g/mol. The van der Waals surface area contributed by atoms with Crippen molar-refractivity contribution in [2.45, 2.75) is 117 Å². The molecule has 5 aliphatic carbocycles. The minimum Gasteiger partial charge on any atom is -0.481 e. The molecule has 12 heteroatoms. The molecule has 5 fully saturated rings. The van der Waals surface area contributed by atoms with Gasteiger partial charge in [0.2, 0.25) is 0 Å². The van der Waals surface area contributed by atoms with Gasteiger partial charge in [-0.3, -0.25) is 24.0 Å². The molecule has 0 radical (unpaired) electrons. The van der Waals surface area contributed by atoms with E-state index in [1.165, 1.54) is 38.9 Å². The third kappa shape index (κ3) is 15.1. The van der Waals surface area contributed by atoms with Gasteiger partial charge in [-0.2, -0.15) is 6.42 Å². The second kappa shape index (κ2) is 24.0. The number of esters is 3. The largest absolute Gasteiger partial charge is 1.00 e. The van der Waals surface area contributed by atoms with Crippen molar-refractivity contribution in [3.63, 3.8) is 0 Å². The fourth-order valence-corrected chi connectivity index (χ4v) is 8.54. The molecule has 0 bridgehead atoms. The van der Waals surface area contributed by atoms with E-state index >= 15 is 0 Å². The first-order valence-electron chi connectivity index (χ1n) is 21.3. The van der Waals surface area contributed by atoms with E-state index < -0.39 is 11.9 Å².